The Morgan fingerprint density at radius 3 is 2.47 bits per heavy atom. The number of likely N-dealkylation sites (N-methyl/N-ethyl adjacent to an activating group) is 2. The fourth-order valence-corrected chi connectivity index (χ4v) is 2.05. The third kappa shape index (κ3) is 4.88. The Kier molecular flexibility index (Phi) is 6.90. The van der Waals surface area contributed by atoms with Gasteiger partial charge in [0.1, 0.15) is 0 Å². The van der Waals surface area contributed by atoms with Crippen LogP contribution in [0, 0.1) is 0 Å². The van der Waals surface area contributed by atoms with E-state index in [1.54, 1.807) is 0 Å². The van der Waals surface area contributed by atoms with Gasteiger partial charge in [0.05, 0.1) is 0 Å². The van der Waals surface area contributed by atoms with Crippen molar-refractivity contribution in [3.05, 3.63) is 35.9 Å². The standard InChI is InChI=1S/C15H26N2/c1-4-6-12-17(3)15(13-16-5-2)14-10-8-7-9-11-14/h7-11,15-16H,4-6,12-13H2,1-3H3. The zero-order valence-electron chi connectivity index (χ0n) is 11.4. The largest absolute Gasteiger partial charge is 0.315 e. The van der Waals surface area contributed by atoms with Crippen LogP contribution in [0.3, 0.4) is 0 Å². The Hall–Kier alpha value is -0.860. The third-order valence-electron chi connectivity index (χ3n) is 3.17. The Morgan fingerprint density at radius 2 is 1.88 bits per heavy atom. The summed E-state index contributed by atoms with van der Waals surface area (Å²) in [5, 5.41) is 3.46. The molecule has 0 aliphatic heterocycles. The van der Waals surface area contributed by atoms with Crippen LogP contribution in [-0.2, 0) is 0 Å². The number of unbranched alkanes of at least 4 members (excludes halogenated alkanes) is 1. The van der Waals surface area contributed by atoms with E-state index in [1.165, 1.54) is 24.9 Å². The first kappa shape index (κ1) is 14.2. The monoisotopic (exact) mass is 234 g/mol. The number of nitrogens with zero attached hydrogens (tertiary/aromatic N) is 1. The van der Waals surface area contributed by atoms with E-state index in [2.05, 4.69) is 61.4 Å². The molecule has 0 saturated carbocycles. The van der Waals surface area contributed by atoms with Crippen molar-refractivity contribution in [3.8, 4) is 0 Å². The van der Waals surface area contributed by atoms with Gasteiger partial charge in [-0.2, -0.15) is 0 Å². The minimum absolute atomic E-state index is 0.489. The lowest BCUT2D eigenvalue weighted by Crippen LogP contribution is -2.34. The summed E-state index contributed by atoms with van der Waals surface area (Å²) in [5.74, 6) is 0. The highest BCUT2D eigenvalue weighted by molar-refractivity contribution is 5.19. The Bertz CT molecular complexity index is 284. The Morgan fingerprint density at radius 1 is 1.18 bits per heavy atom. The molecule has 0 bridgehead atoms. The van der Waals surface area contributed by atoms with Crippen molar-refractivity contribution in [1.82, 2.24) is 10.2 Å². The first-order valence-corrected chi connectivity index (χ1v) is 6.75. The van der Waals surface area contributed by atoms with Crippen molar-refractivity contribution in [2.45, 2.75) is 32.7 Å². The molecule has 1 rings (SSSR count). The summed E-state index contributed by atoms with van der Waals surface area (Å²) >= 11 is 0. The molecule has 1 N–H and O–H groups in total. The molecule has 96 valence electrons. The molecule has 0 spiro atoms. The van der Waals surface area contributed by atoms with Gasteiger partial charge in [-0.25, -0.2) is 0 Å². The van der Waals surface area contributed by atoms with E-state index in [0.29, 0.717) is 6.04 Å². The van der Waals surface area contributed by atoms with Crippen molar-refractivity contribution >= 4 is 0 Å². The molecule has 0 saturated heterocycles. The topological polar surface area (TPSA) is 15.3 Å². The quantitative estimate of drug-likeness (QED) is 0.743. The molecule has 0 aliphatic carbocycles. The van der Waals surface area contributed by atoms with Gasteiger partial charge in [-0.05, 0) is 32.1 Å². The van der Waals surface area contributed by atoms with Gasteiger partial charge in [0, 0.05) is 12.6 Å². The molecular weight excluding hydrogens is 208 g/mol. The highest BCUT2D eigenvalue weighted by Gasteiger charge is 2.15. The highest BCUT2D eigenvalue weighted by Crippen LogP contribution is 2.18. The van der Waals surface area contributed by atoms with Crippen LogP contribution in [0.4, 0.5) is 0 Å². The summed E-state index contributed by atoms with van der Waals surface area (Å²) in [5.41, 5.74) is 1.41. The minimum atomic E-state index is 0.489. The predicted molar refractivity (Wildman–Crippen MR) is 75.3 cm³/mol. The summed E-state index contributed by atoms with van der Waals surface area (Å²) in [6, 6.07) is 11.3. The predicted octanol–water partition coefficient (Wildman–Crippen LogP) is 3.07. The van der Waals surface area contributed by atoms with Crippen LogP contribution in [0.15, 0.2) is 30.3 Å². The number of hydrogen-bond acceptors (Lipinski definition) is 2. The first-order chi connectivity index (χ1) is 8.29. The fraction of sp³-hybridized carbons (Fsp3) is 0.600. The lowest BCUT2D eigenvalue weighted by atomic mass is 10.1. The maximum absolute atomic E-state index is 3.46. The molecule has 2 nitrogen and oxygen atoms in total. The van der Waals surface area contributed by atoms with Gasteiger partial charge in [-0.1, -0.05) is 50.6 Å². The Balaban J connectivity index is 2.66. The normalized spacial score (nSPS) is 12.9. The number of benzene rings is 1. The molecule has 17 heavy (non-hydrogen) atoms. The number of hydrogen-bond donors (Lipinski definition) is 1. The van der Waals surface area contributed by atoms with Crippen LogP contribution >= 0.6 is 0 Å². The van der Waals surface area contributed by atoms with E-state index in [9.17, 15) is 0 Å². The van der Waals surface area contributed by atoms with Crippen molar-refractivity contribution in [2.24, 2.45) is 0 Å². The molecule has 0 fully saturated rings. The van der Waals surface area contributed by atoms with Gasteiger partial charge < -0.3 is 5.32 Å². The van der Waals surface area contributed by atoms with Gasteiger partial charge in [0.2, 0.25) is 0 Å². The third-order valence-corrected chi connectivity index (χ3v) is 3.17. The van der Waals surface area contributed by atoms with E-state index < -0.39 is 0 Å². The first-order valence-electron chi connectivity index (χ1n) is 6.75. The molecule has 0 aromatic heterocycles. The molecule has 1 aromatic carbocycles. The summed E-state index contributed by atoms with van der Waals surface area (Å²) in [6.45, 7) is 7.64. The molecule has 0 radical (unpaired) electrons. The van der Waals surface area contributed by atoms with Crippen molar-refractivity contribution in [1.29, 1.82) is 0 Å². The average molecular weight is 234 g/mol. The molecule has 0 heterocycles. The van der Waals surface area contributed by atoms with Gasteiger partial charge in [0.25, 0.3) is 0 Å². The maximum Gasteiger partial charge on any atom is 0.0469 e. The van der Waals surface area contributed by atoms with E-state index in [4.69, 9.17) is 0 Å². The molecule has 1 aromatic rings. The lowest BCUT2D eigenvalue weighted by molar-refractivity contribution is 0.235. The van der Waals surface area contributed by atoms with Crippen LogP contribution in [0.5, 0.6) is 0 Å². The summed E-state index contributed by atoms with van der Waals surface area (Å²) in [4.78, 5) is 2.46. The average Bonchev–Trinajstić information content (AvgIpc) is 2.38. The summed E-state index contributed by atoms with van der Waals surface area (Å²) in [7, 11) is 2.23. The van der Waals surface area contributed by atoms with Crippen molar-refractivity contribution < 1.29 is 0 Å². The zero-order chi connectivity index (χ0) is 12.5. The van der Waals surface area contributed by atoms with E-state index in [0.717, 1.165) is 13.1 Å². The molecule has 1 unspecified atom stereocenters. The van der Waals surface area contributed by atoms with E-state index in [-0.39, 0.29) is 0 Å². The second-order valence-electron chi connectivity index (χ2n) is 4.57. The van der Waals surface area contributed by atoms with E-state index >= 15 is 0 Å². The van der Waals surface area contributed by atoms with Crippen molar-refractivity contribution in [2.75, 3.05) is 26.7 Å². The van der Waals surface area contributed by atoms with Crippen LogP contribution in [0.2, 0.25) is 0 Å². The SMILES string of the molecule is CCCCN(C)C(CNCC)c1ccccc1. The Labute approximate surface area is 106 Å². The second-order valence-corrected chi connectivity index (χ2v) is 4.57. The maximum atomic E-state index is 3.46. The van der Waals surface area contributed by atoms with Gasteiger partial charge in [-0.15, -0.1) is 0 Å². The minimum Gasteiger partial charge on any atom is -0.315 e. The van der Waals surface area contributed by atoms with Gasteiger partial charge in [-0.3, -0.25) is 4.90 Å². The summed E-state index contributed by atoms with van der Waals surface area (Å²) < 4.78 is 0. The van der Waals surface area contributed by atoms with Gasteiger partial charge >= 0.3 is 0 Å². The van der Waals surface area contributed by atoms with Gasteiger partial charge in [0.15, 0.2) is 0 Å². The zero-order valence-corrected chi connectivity index (χ0v) is 11.4. The molecular formula is C15H26N2. The molecule has 1 atom stereocenters. The number of rotatable bonds is 8. The lowest BCUT2D eigenvalue weighted by Gasteiger charge is -2.28. The fourth-order valence-electron chi connectivity index (χ4n) is 2.05. The number of nitrogens with one attached hydrogen (secondary N) is 1. The highest BCUT2D eigenvalue weighted by atomic mass is 15.1. The molecule has 0 amide bonds. The van der Waals surface area contributed by atoms with Crippen LogP contribution in [0.25, 0.3) is 0 Å². The van der Waals surface area contributed by atoms with Crippen LogP contribution in [-0.4, -0.2) is 31.6 Å². The smallest absolute Gasteiger partial charge is 0.0469 e. The van der Waals surface area contributed by atoms with E-state index in [1.807, 2.05) is 0 Å². The molecule has 2 heteroatoms. The van der Waals surface area contributed by atoms with Crippen molar-refractivity contribution in [3.63, 3.8) is 0 Å². The second kappa shape index (κ2) is 8.26. The van der Waals surface area contributed by atoms with Crippen LogP contribution < -0.4 is 5.32 Å². The molecule has 0 aliphatic rings. The van der Waals surface area contributed by atoms with Crippen LogP contribution in [0.1, 0.15) is 38.3 Å². The summed E-state index contributed by atoms with van der Waals surface area (Å²) in [6.07, 6.45) is 2.53.